The lowest BCUT2D eigenvalue weighted by Gasteiger charge is -2.40. The Balaban J connectivity index is 0.00000288. The standard InChI is InChI=1S/C14H24N6O3.HI/c1-9-17-11(19-23-9)6-16-12(15-5)18-10-7-20(8-10)13(21)22-14(2,3)4;/h10H,6-8H2,1-5H3,(H2,15,16,18);1H. The maximum absolute atomic E-state index is 11.9. The molecule has 1 saturated heterocycles. The highest BCUT2D eigenvalue weighted by molar-refractivity contribution is 14.0. The van der Waals surface area contributed by atoms with Crippen molar-refractivity contribution in [3.63, 3.8) is 0 Å². The third kappa shape index (κ3) is 6.13. The van der Waals surface area contributed by atoms with E-state index in [1.54, 1.807) is 18.9 Å². The van der Waals surface area contributed by atoms with Gasteiger partial charge in [0.15, 0.2) is 11.8 Å². The smallest absolute Gasteiger partial charge is 0.410 e. The third-order valence-electron chi connectivity index (χ3n) is 3.08. The Kier molecular flexibility index (Phi) is 7.24. The zero-order valence-electron chi connectivity index (χ0n) is 14.6. The van der Waals surface area contributed by atoms with E-state index in [0.29, 0.717) is 37.3 Å². The minimum absolute atomic E-state index is 0. The van der Waals surface area contributed by atoms with Gasteiger partial charge in [0.05, 0.1) is 12.6 Å². The monoisotopic (exact) mass is 452 g/mol. The number of aliphatic imine (C=N–C) groups is 1. The summed E-state index contributed by atoms with van der Waals surface area (Å²) in [6, 6.07) is 0.140. The van der Waals surface area contributed by atoms with Gasteiger partial charge in [-0.2, -0.15) is 4.98 Å². The Morgan fingerprint density at radius 3 is 2.62 bits per heavy atom. The molecule has 1 aromatic rings. The highest BCUT2D eigenvalue weighted by Gasteiger charge is 2.34. The zero-order valence-corrected chi connectivity index (χ0v) is 17.0. The van der Waals surface area contributed by atoms with E-state index in [2.05, 4.69) is 25.8 Å². The van der Waals surface area contributed by atoms with Gasteiger partial charge in [-0.05, 0) is 20.8 Å². The molecule has 2 N–H and O–H groups in total. The minimum atomic E-state index is -0.476. The molecule has 0 atom stereocenters. The van der Waals surface area contributed by atoms with Gasteiger partial charge in [-0.3, -0.25) is 4.99 Å². The van der Waals surface area contributed by atoms with E-state index >= 15 is 0 Å². The van der Waals surface area contributed by atoms with Crippen molar-refractivity contribution in [3.05, 3.63) is 11.7 Å². The number of aromatic nitrogens is 2. The lowest BCUT2D eigenvalue weighted by atomic mass is 10.1. The van der Waals surface area contributed by atoms with Crippen molar-refractivity contribution in [2.75, 3.05) is 20.1 Å². The number of hydrogen-bond donors (Lipinski definition) is 2. The minimum Gasteiger partial charge on any atom is -0.444 e. The van der Waals surface area contributed by atoms with Crippen molar-refractivity contribution < 1.29 is 14.1 Å². The molecule has 0 bridgehead atoms. The maximum Gasteiger partial charge on any atom is 0.410 e. The second kappa shape index (κ2) is 8.49. The quantitative estimate of drug-likeness (QED) is 0.405. The molecular weight excluding hydrogens is 427 g/mol. The van der Waals surface area contributed by atoms with Crippen LogP contribution in [0.3, 0.4) is 0 Å². The van der Waals surface area contributed by atoms with Gasteiger partial charge in [0.25, 0.3) is 0 Å². The molecule has 0 spiro atoms. The summed E-state index contributed by atoms with van der Waals surface area (Å²) < 4.78 is 10.2. The highest BCUT2D eigenvalue weighted by atomic mass is 127. The van der Waals surface area contributed by atoms with Gasteiger partial charge >= 0.3 is 6.09 Å². The largest absolute Gasteiger partial charge is 0.444 e. The molecule has 1 aliphatic heterocycles. The summed E-state index contributed by atoms with van der Waals surface area (Å²) in [6.07, 6.45) is -0.291. The second-order valence-electron chi connectivity index (χ2n) is 6.38. The molecule has 1 aliphatic rings. The number of aryl methyl sites for hydroxylation is 1. The van der Waals surface area contributed by atoms with Crippen LogP contribution in [0.5, 0.6) is 0 Å². The van der Waals surface area contributed by atoms with Crippen LogP contribution >= 0.6 is 24.0 Å². The third-order valence-corrected chi connectivity index (χ3v) is 3.08. The highest BCUT2D eigenvalue weighted by Crippen LogP contribution is 2.15. The number of carbonyl (C=O) groups is 1. The molecule has 2 rings (SSSR count). The summed E-state index contributed by atoms with van der Waals surface area (Å²) in [5.74, 6) is 1.72. The predicted molar refractivity (Wildman–Crippen MR) is 99.4 cm³/mol. The Morgan fingerprint density at radius 1 is 1.46 bits per heavy atom. The number of likely N-dealkylation sites (tertiary alicyclic amines) is 1. The Bertz CT molecular complexity index is 577. The summed E-state index contributed by atoms with van der Waals surface area (Å²) in [6.45, 7) is 8.88. The molecule has 136 valence electrons. The number of halogens is 1. The van der Waals surface area contributed by atoms with E-state index < -0.39 is 5.60 Å². The molecule has 1 amide bonds. The van der Waals surface area contributed by atoms with E-state index in [9.17, 15) is 4.79 Å². The fourth-order valence-electron chi connectivity index (χ4n) is 2.01. The Labute approximate surface area is 158 Å². The molecule has 10 heteroatoms. The zero-order chi connectivity index (χ0) is 17.0. The summed E-state index contributed by atoms with van der Waals surface area (Å²) in [5, 5.41) is 10.1. The molecule has 0 aromatic carbocycles. The molecule has 1 fully saturated rings. The number of nitrogens with zero attached hydrogens (tertiary/aromatic N) is 4. The molecule has 0 radical (unpaired) electrons. The first-order valence-electron chi connectivity index (χ1n) is 7.51. The summed E-state index contributed by atoms with van der Waals surface area (Å²) in [7, 11) is 1.68. The van der Waals surface area contributed by atoms with Crippen LogP contribution < -0.4 is 10.6 Å². The van der Waals surface area contributed by atoms with E-state index in [1.165, 1.54) is 0 Å². The second-order valence-corrected chi connectivity index (χ2v) is 6.38. The van der Waals surface area contributed by atoms with Gasteiger partial charge in [0.1, 0.15) is 5.60 Å². The normalized spacial score (nSPS) is 15.4. The summed E-state index contributed by atoms with van der Waals surface area (Å²) in [5.41, 5.74) is -0.476. The van der Waals surface area contributed by atoms with Crippen LogP contribution in [0.4, 0.5) is 4.79 Å². The fourth-order valence-corrected chi connectivity index (χ4v) is 2.01. The lowest BCUT2D eigenvalue weighted by Crippen LogP contribution is -2.63. The molecule has 0 aliphatic carbocycles. The number of ether oxygens (including phenoxy) is 1. The van der Waals surface area contributed by atoms with Crippen molar-refractivity contribution in [3.8, 4) is 0 Å². The summed E-state index contributed by atoms with van der Waals surface area (Å²) >= 11 is 0. The van der Waals surface area contributed by atoms with Gasteiger partial charge in [-0.1, -0.05) is 5.16 Å². The first-order valence-corrected chi connectivity index (χ1v) is 7.51. The Hall–Kier alpha value is -1.59. The fraction of sp³-hybridized carbons (Fsp3) is 0.714. The molecule has 2 heterocycles. The Morgan fingerprint density at radius 2 is 2.12 bits per heavy atom. The van der Waals surface area contributed by atoms with Gasteiger partial charge < -0.3 is 24.8 Å². The molecule has 1 aromatic heterocycles. The molecule has 24 heavy (non-hydrogen) atoms. The molecule has 0 saturated carbocycles. The van der Waals surface area contributed by atoms with Crippen molar-refractivity contribution in [1.82, 2.24) is 25.7 Å². The molecular formula is C14H25IN6O3. The number of rotatable bonds is 3. The number of nitrogens with one attached hydrogen (secondary N) is 2. The number of carbonyl (C=O) groups excluding carboxylic acids is 1. The first kappa shape index (κ1) is 20.5. The van der Waals surface area contributed by atoms with Crippen LogP contribution in [0.2, 0.25) is 0 Å². The van der Waals surface area contributed by atoms with Gasteiger partial charge in [0, 0.05) is 27.1 Å². The maximum atomic E-state index is 11.9. The average molecular weight is 452 g/mol. The van der Waals surface area contributed by atoms with Crippen LogP contribution in [0.15, 0.2) is 9.52 Å². The lowest BCUT2D eigenvalue weighted by molar-refractivity contribution is 0.00701. The average Bonchev–Trinajstić information content (AvgIpc) is 2.80. The van der Waals surface area contributed by atoms with Crippen LogP contribution in [0, 0.1) is 6.92 Å². The topological polar surface area (TPSA) is 105 Å². The van der Waals surface area contributed by atoms with Crippen LogP contribution in [-0.4, -0.2) is 58.9 Å². The molecule has 9 nitrogen and oxygen atoms in total. The number of guanidine groups is 1. The molecule has 0 unspecified atom stereocenters. The van der Waals surface area contributed by atoms with Gasteiger partial charge in [0.2, 0.25) is 5.89 Å². The van der Waals surface area contributed by atoms with Crippen molar-refractivity contribution in [2.45, 2.75) is 45.9 Å². The van der Waals surface area contributed by atoms with Crippen LogP contribution in [-0.2, 0) is 11.3 Å². The summed E-state index contributed by atoms with van der Waals surface area (Å²) in [4.78, 5) is 21.8. The van der Waals surface area contributed by atoms with Crippen LogP contribution in [0.25, 0.3) is 0 Å². The number of amides is 1. The van der Waals surface area contributed by atoms with Gasteiger partial charge in [-0.15, -0.1) is 24.0 Å². The first-order chi connectivity index (χ1) is 10.8. The number of hydrogen-bond acceptors (Lipinski definition) is 6. The van der Waals surface area contributed by atoms with Crippen LogP contribution in [0.1, 0.15) is 32.5 Å². The SMILES string of the molecule is CN=C(NCc1noc(C)n1)NC1CN(C(=O)OC(C)(C)C)C1.I. The van der Waals surface area contributed by atoms with E-state index in [4.69, 9.17) is 9.26 Å². The predicted octanol–water partition coefficient (Wildman–Crippen LogP) is 1.28. The van der Waals surface area contributed by atoms with E-state index in [1.807, 2.05) is 20.8 Å². The van der Waals surface area contributed by atoms with Crippen molar-refractivity contribution >= 4 is 36.0 Å². The van der Waals surface area contributed by atoms with E-state index in [0.717, 1.165) is 0 Å². The van der Waals surface area contributed by atoms with Gasteiger partial charge in [-0.25, -0.2) is 4.79 Å². The van der Waals surface area contributed by atoms with Crippen molar-refractivity contribution in [1.29, 1.82) is 0 Å². The van der Waals surface area contributed by atoms with Crippen molar-refractivity contribution in [2.24, 2.45) is 4.99 Å². The van der Waals surface area contributed by atoms with E-state index in [-0.39, 0.29) is 36.1 Å².